The highest BCUT2D eigenvalue weighted by Gasteiger charge is 2.47. The molecule has 2 aliphatic heterocycles. The summed E-state index contributed by atoms with van der Waals surface area (Å²) in [6.07, 6.45) is 5.78. The number of aliphatic hydroxyl groups is 1. The Bertz CT molecular complexity index is 1220. The van der Waals surface area contributed by atoms with Crippen molar-refractivity contribution < 1.29 is 19.0 Å². The lowest BCUT2D eigenvalue weighted by Crippen LogP contribution is -2.31. The van der Waals surface area contributed by atoms with Crippen molar-refractivity contribution in [1.29, 1.82) is 0 Å². The fourth-order valence-corrected chi connectivity index (χ4v) is 4.19. The number of aryl methyl sites for hydroxylation is 1. The lowest BCUT2D eigenvalue weighted by molar-refractivity contribution is 0.0714. The summed E-state index contributed by atoms with van der Waals surface area (Å²) in [5.41, 5.74) is 7.57. The van der Waals surface area contributed by atoms with Crippen molar-refractivity contribution in [3.8, 4) is 22.6 Å². The zero-order valence-corrected chi connectivity index (χ0v) is 17.8. The van der Waals surface area contributed by atoms with E-state index in [0.717, 1.165) is 11.1 Å². The van der Waals surface area contributed by atoms with E-state index in [1.807, 2.05) is 18.2 Å². The van der Waals surface area contributed by atoms with Crippen LogP contribution < -0.4 is 10.5 Å². The monoisotopic (exact) mass is 434 g/mol. The molecule has 7 nitrogen and oxygen atoms in total. The van der Waals surface area contributed by atoms with E-state index in [9.17, 15) is 5.11 Å². The summed E-state index contributed by atoms with van der Waals surface area (Å²) in [5.74, 6) is 0.485. The minimum atomic E-state index is -0.962. The quantitative estimate of drug-likeness (QED) is 0.649. The van der Waals surface area contributed by atoms with Gasteiger partial charge in [-0.2, -0.15) is 0 Å². The summed E-state index contributed by atoms with van der Waals surface area (Å²) in [4.78, 5) is 12.7. The molecular weight excluding hydrogens is 411 g/mol. The maximum absolute atomic E-state index is 15.0. The Morgan fingerprint density at radius 2 is 1.88 bits per heavy atom. The third kappa shape index (κ3) is 3.46. The van der Waals surface area contributed by atoms with Gasteiger partial charge in [0.2, 0.25) is 0 Å². The summed E-state index contributed by atoms with van der Waals surface area (Å²) in [7, 11) is 0. The molecule has 1 atom stereocenters. The van der Waals surface area contributed by atoms with E-state index in [2.05, 4.69) is 15.0 Å². The van der Waals surface area contributed by atoms with Gasteiger partial charge < -0.3 is 20.3 Å². The van der Waals surface area contributed by atoms with Gasteiger partial charge in [-0.1, -0.05) is 6.07 Å². The normalized spacial score (nSPS) is 19.1. The zero-order chi connectivity index (χ0) is 22.5. The average molecular weight is 434 g/mol. The van der Waals surface area contributed by atoms with Crippen LogP contribution in [-0.2, 0) is 16.7 Å². The van der Waals surface area contributed by atoms with Gasteiger partial charge in [0, 0.05) is 40.7 Å². The van der Waals surface area contributed by atoms with Crippen LogP contribution in [0.5, 0.6) is 11.5 Å². The molecule has 3 N–H and O–H groups in total. The Morgan fingerprint density at radius 1 is 1.12 bits per heavy atom. The van der Waals surface area contributed by atoms with E-state index in [-0.39, 0.29) is 12.6 Å². The number of nitrogens with two attached hydrogens (primary N) is 1. The molecule has 1 aromatic heterocycles. The van der Waals surface area contributed by atoms with Crippen LogP contribution in [0.15, 0.2) is 54.0 Å². The van der Waals surface area contributed by atoms with Gasteiger partial charge in [0.25, 0.3) is 6.02 Å². The minimum absolute atomic E-state index is 0.0691. The molecule has 0 amide bonds. The summed E-state index contributed by atoms with van der Waals surface area (Å²) >= 11 is 0. The lowest BCUT2D eigenvalue weighted by Gasteiger charge is -2.34. The Balaban J connectivity index is 1.66. The number of rotatable bonds is 4. The van der Waals surface area contributed by atoms with Crippen LogP contribution >= 0.6 is 0 Å². The number of benzene rings is 2. The zero-order valence-electron chi connectivity index (χ0n) is 17.8. The third-order valence-electron chi connectivity index (χ3n) is 5.85. The summed E-state index contributed by atoms with van der Waals surface area (Å²) in [6.45, 7) is 3.74. The van der Waals surface area contributed by atoms with Crippen LogP contribution in [0, 0.1) is 5.82 Å². The molecule has 0 aliphatic carbocycles. The predicted octanol–water partition coefficient (Wildman–Crippen LogP) is 3.68. The molecule has 8 heteroatoms. The number of hydrogen-bond donors (Lipinski definition) is 2. The topological polar surface area (TPSA) is 103 Å². The highest BCUT2D eigenvalue weighted by Crippen LogP contribution is 2.52. The van der Waals surface area contributed by atoms with Crippen LogP contribution in [0.4, 0.5) is 4.39 Å². The Kier molecular flexibility index (Phi) is 4.63. The summed E-state index contributed by atoms with van der Waals surface area (Å²) in [6, 6.07) is 8.93. The Morgan fingerprint density at radius 3 is 2.56 bits per heavy atom. The minimum Gasteiger partial charge on any atom is -0.462 e. The van der Waals surface area contributed by atoms with Crippen LogP contribution in [0.25, 0.3) is 11.1 Å². The van der Waals surface area contributed by atoms with E-state index in [0.29, 0.717) is 41.0 Å². The molecule has 3 aromatic rings. The van der Waals surface area contributed by atoms with Crippen molar-refractivity contribution in [2.24, 2.45) is 10.7 Å². The maximum Gasteiger partial charge on any atom is 0.283 e. The van der Waals surface area contributed by atoms with Crippen molar-refractivity contribution in [2.45, 2.75) is 37.8 Å². The van der Waals surface area contributed by atoms with Crippen molar-refractivity contribution in [3.63, 3.8) is 0 Å². The Hall–Kier alpha value is -3.52. The second-order valence-corrected chi connectivity index (χ2v) is 8.80. The molecule has 5 rings (SSSR count). The molecule has 2 aromatic carbocycles. The van der Waals surface area contributed by atoms with Gasteiger partial charge in [0.05, 0.1) is 5.60 Å². The van der Waals surface area contributed by atoms with Crippen LogP contribution in [0.3, 0.4) is 0 Å². The van der Waals surface area contributed by atoms with Crippen LogP contribution in [0.1, 0.15) is 37.0 Å². The number of aliphatic imine (C=N–C) groups is 1. The predicted molar refractivity (Wildman–Crippen MR) is 117 cm³/mol. The van der Waals surface area contributed by atoms with Crippen molar-refractivity contribution >= 4 is 6.02 Å². The molecule has 1 unspecified atom stereocenters. The lowest BCUT2D eigenvalue weighted by atomic mass is 9.79. The molecular formula is C24H23FN4O3. The van der Waals surface area contributed by atoms with Gasteiger partial charge in [-0.25, -0.2) is 19.4 Å². The summed E-state index contributed by atoms with van der Waals surface area (Å²) < 4.78 is 26.7. The molecule has 32 heavy (non-hydrogen) atoms. The average Bonchev–Trinajstić information content (AvgIpc) is 3.14. The van der Waals surface area contributed by atoms with Crippen molar-refractivity contribution in [3.05, 3.63) is 71.6 Å². The van der Waals surface area contributed by atoms with Gasteiger partial charge >= 0.3 is 0 Å². The molecule has 164 valence electrons. The van der Waals surface area contributed by atoms with Gasteiger partial charge in [0.1, 0.15) is 30.3 Å². The first-order valence-electron chi connectivity index (χ1n) is 10.4. The molecule has 1 spiro atoms. The number of fused-ring (bicyclic) bond motifs is 4. The first-order valence-corrected chi connectivity index (χ1v) is 10.4. The number of nitrogens with zero attached hydrogens (tertiary/aromatic N) is 3. The third-order valence-corrected chi connectivity index (χ3v) is 5.85. The molecule has 0 fully saturated rings. The van der Waals surface area contributed by atoms with Gasteiger partial charge in [-0.05, 0) is 50.5 Å². The van der Waals surface area contributed by atoms with Gasteiger partial charge in [-0.15, -0.1) is 0 Å². The van der Waals surface area contributed by atoms with Gasteiger partial charge in [-0.3, -0.25) is 0 Å². The van der Waals surface area contributed by atoms with E-state index < -0.39 is 17.0 Å². The van der Waals surface area contributed by atoms with E-state index in [4.69, 9.17) is 15.2 Å². The molecule has 3 heterocycles. The molecule has 0 saturated heterocycles. The van der Waals surface area contributed by atoms with Crippen LogP contribution in [-0.4, -0.2) is 33.3 Å². The number of amidine groups is 1. The number of aromatic nitrogens is 2. The molecule has 2 aliphatic rings. The molecule has 0 bridgehead atoms. The van der Waals surface area contributed by atoms with Gasteiger partial charge in [0.15, 0.2) is 5.54 Å². The second kappa shape index (κ2) is 7.27. The standard InChI is InChI=1S/C24H23FN4O3/c1-23(2,30)6-5-14-3-4-20-17(7-14)24(12-31-22(26)29-24)18-8-16(15-10-27-13-28-11-15)19(25)9-21(18)32-20/h3-4,7-11,13,30H,5-6,12H2,1-2H3,(H2,26,29). The first-order chi connectivity index (χ1) is 15.2. The Labute approximate surface area is 184 Å². The van der Waals surface area contributed by atoms with E-state index in [1.54, 1.807) is 32.3 Å². The second-order valence-electron chi connectivity index (χ2n) is 8.80. The number of hydrogen-bond acceptors (Lipinski definition) is 7. The fourth-order valence-electron chi connectivity index (χ4n) is 4.19. The van der Waals surface area contributed by atoms with E-state index >= 15 is 4.39 Å². The maximum atomic E-state index is 15.0. The SMILES string of the molecule is CC(C)(O)CCc1ccc2c(c1)C1(COC(N)=N1)c1cc(-c3cncnc3)c(F)cc1O2. The molecule has 0 saturated carbocycles. The highest BCUT2D eigenvalue weighted by atomic mass is 19.1. The fraction of sp³-hybridized carbons (Fsp3) is 0.292. The number of halogens is 1. The molecule has 0 radical (unpaired) electrons. The van der Waals surface area contributed by atoms with Crippen molar-refractivity contribution in [2.75, 3.05) is 6.61 Å². The van der Waals surface area contributed by atoms with E-state index in [1.165, 1.54) is 12.4 Å². The largest absolute Gasteiger partial charge is 0.462 e. The van der Waals surface area contributed by atoms with Crippen molar-refractivity contribution in [1.82, 2.24) is 9.97 Å². The summed E-state index contributed by atoms with van der Waals surface area (Å²) in [5, 5.41) is 10.1. The highest BCUT2D eigenvalue weighted by molar-refractivity contribution is 5.78. The van der Waals surface area contributed by atoms with Crippen LogP contribution in [0.2, 0.25) is 0 Å². The first kappa shape index (κ1) is 20.4. The smallest absolute Gasteiger partial charge is 0.283 e. The number of ether oxygens (including phenoxy) is 2.